The predicted octanol–water partition coefficient (Wildman–Crippen LogP) is 8.99. The average molecular weight is 976 g/mol. The molecule has 14 heteroatoms. The van der Waals surface area contributed by atoms with Crippen molar-refractivity contribution in [3.63, 3.8) is 0 Å². The van der Waals surface area contributed by atoms with Crippen LogP contribution in [0.2, 0.25) is 0 Å². The summed E-state index contributed by atoms with van der Waals surface area (Å²) in [7, 11) is 0.175. The van der Waals surface area contributed by atoms with Gasteiger partial charge < -0.3 is 38.6 Å². The number of thioether (sulfide) groups is 1. The third-order valence-corrected chi connectivity index (χ3v) is 14.8. The van der Waals surface area contributed by atoms with Crippen molar-refractivity contribution in [2.75, 3.05) is 71.7 Å². The molecule has 1 heterocycles. The van der Waals surface area contributed by atoms with E-state index >= 15 is 0 Å². The van der Waals surface area contributed by atoms with Crippen LogP contribution in [-0.4, -0.2) is 105 Å². The van der Waals surface area contributed by atoms with E-state index in [1.165, 1.54) is 0 Å². The van der Waals surface area contributed by atoms with Gasteiger partial charge in [-0.1, -0.05) is 127 Å². The topological polar surface area (TPSA) is 134 Å². The minimum Gasteiger partial charge on any atom is -0.379 e. The summed E-state index contributed by atoms with van der Waals surface area (Å²) < 4.78 is 66.1. The quantitative estimate of drug-likeness (QED) is 0.0457. The normalized spacial score (nSPS) is 17.5. The fraction of sp³-hybridized carbons (Fsp3) is 0.364. The Morgan fingerprint density at radius 2 is 1.22 bits per heavy atom. The molecule has 6 aromatic carbocycles. The second-order valence-electron chi connectivity index (χ2n) is 17.1. The Hall–Kier alpha value is -5.13. The van der Waals surface area contributed by atoms with Gasteiger partial charge in [-0.3, -0.25) is 4.79 Å². The fourth-order valence-electron chi connectivity index (χ4n) is 8.11. The van der Waals surface area contributed by atoms with Gasteiger partial charge in [0.2, 0.25) is 10.0 Å². The lowest BCUT2D eigenvalue weighted by Crippen LogP contribution is -2.37. The minimum absolute atomic E-state index is 0.000333. The summed E-state index contributed by atoms with van der Waals surface area (Å²) in [5.74, 6) is -0.183. The van der Waals surface area contributed by atoms with Gasteiger partial charge in [-0.25, -0.2) is 13.1 Å². The molecule has 1 fully saturated rings. The van der Waals surface area contributed by atoms with Crippen LogP contribution in [0, 0.1) is 0 Å². The summed E-state index contributed by atoms with van der Waals surface area (Å²) in [6.07, 6.45) is -0.243. The number of ether oxygens (including phenoxy) is 6. The lowest BCUT2D eigenvalue weighted by atomic mass is 10.00. The van der Waals surface area contributed by atoms with Crippen LogP contribution < -0.4 is 14.9 Å². The second-order valence-corrected chi connectivity index (χ2v) is 20.3. The second kappa shape index (κ2) is 26.7. The van der Waals surface area contributed by atoms with Crippen molar-refractivity contribution in [1.29, 1.82) is 0 Å². The number of anilines is 1. The maximum absolute atomic E-state index is 13.3. The van der Waals surface area contributed by atoms with E-state index in [1.54, 1.807) is 23.9 Å². The number of nitrogens with zero attached hydrogens (tertiary/aromatic N) is 1. The zero-order valence-electron chi connectivity index (χ0n) is 39.7. The van der Waals surface area contributed by atoms with Gasteiger partial charge in [-0.05, 0) is 59.9 Å². The van der Waals surface area contributed by atoms with Gasteiger partial charge >= 0.3 is 0 Å². The van der Waals surface area contributed by atoms with Crippen molar-refractivity contribution in [2.24, 2.45) is 0 Å². The van der Waals surface area contributed by atoms with E-state index in [0.717, 1.165) is 33.3 Å². The third-order valence-electron chi connectivity index (χ3n) is 11.7. The Morgan fingerprint density at radius 3 is 1.87 bits per heavy atom. The highest BCUT2D eigenvalue weighted by Crippen LogP contribution is 2.48. The first-order valence-electron chi connectivity index (χ1n) is 23.6. The summed E-state index contributed by atoms with van der Waals surface area (Å²) in [5.41, 5.74) is 5.86. The third kappa shape index (κ3) is 15.4. The molecule has 2 N–H and O–H groups in total. The average Bonchev–Trinajstić information content (AvgIpc) is 3.72. The maximum Gasteiger partial charge on any atom is 0.251 e. The van der Waals surface area contributed by atoms with Gasteiger partial charge in [0.05, 0.1) is 80.5 Å². The molecule has 69 heavy (non-hydrogen) atoms. The lowest BCUT2D eigenvalue weighted by Gasteiger charge is -2.27. The summed E-state index contributed by atoms with van der Waals surface area (Å²) in [6.45, 7) is 6.26. The van der Waals surface area contributed by atoms with Gasteiger partial charge in [0, 0.05) is 55.8 Å². The molecule has 2 unspecified atom stereocenters. The molecule has 366 valence electrons. The number of carbonyl (C=O) groups is 1. The van der Waals surface area contributed by atoms with E-state index < -0.39 is 10.0 Å². The number of hydrogen-bond donors (Lipinski definition) is 2. The smallest absolute Gasteiger partial charge is 0.251 e. The van der Waals surface area contributed by atoms with Gasteiger partial charge in [-0.15, -0.1) is 11.8 Å². The van der Waals surface area contributed by atoms with E-state index in [2.05, 4.69) is 46.4 Å². The van der Waals surface area contributed by atoms with Crippen LogP contribution in [0.5, 0.6) is 0 Å². The van der Waals surface area contributed by atoms with E-state index in [-0.39, 0.29) is 46.2 Å². The number of rotatable bonds is 28. The van der Waals surface area contributed by atoms with Crippen molar-refractivity contribution in [3.05, 3.63) is 179 Å². The standard InChI is InChI=1S/C55H65N3O9S2/c1-41(65-35-34-63-33-32-62-31-15-30-57-69(60,61)51-25-14-22-47-48(51)23-13-24-49(47)58(2)3)36-56-55(59)46-28-26-45(27-29-46)54-53(67-39-44-20-11-6-12-21-44)52(66-38-43-18-9-5-10-19-43)50(68-54)40-64-37-42-16-7-4-8-17-42/h4-14,16-29,41,50,52-54,57H,15,30-40H2,1-3H3,(H,56,59)/t41?,50-,52+,53-,54?/m0/s1. The van der Waals surface area contributed by atoms with Gasteiger partial charge in [-0.2, -0.15) is 0 Å². The van der Waals surface area contributed by atoms with E-state index in [4.69, 9.17) is 28.4 Å². The molecule has 1 aliphatic rings. The number of amides is 1. The van der Waals surface area contributed by atoms with Crippen LogP contribution >= 0.6 is 11.8 Å². The minimum atomic E-state index is -3.70. The number of carbonyl (C=O) groups excluding carboxylic acids is 1. The molecule has 0 radical (unpaired) electrons. The van der Waals surface area contributed by atoms with Gasteiger partial charge in [0.15, 0.2) is 0 Å². The summed E-state index contributed by atoms with van der Waals surface area (Å²) in [6, 6.07) is 49.3. The first-order valence-corrected chi connectivity index (χ1v) is 26.0. The highest BCUT2D eigenvalue weighted by atomic mass is 32.2. The van der Waals surface area contributed by atoms with Crippen LogP contribution in [-0.2, 0) is 58.3 Å². The number of benzene rings is 6. The Kier molecular flexibility index (Phi) is 20.0. The van der Waals surface area contributed by atoms with E-state index in [0.29, 0.717) is 83.4 Å². The van der Waals surface area contributed by atoms with Crippen molar-refractivity contribution in [3.8, 4) is 0 Å². The Labute approximate surface area is 412 Å². The molecule has 0 bridgehead atoms. The molecule has 1 saturated heterocycles. The number of sulfonamides is 1. The van der Waals surface area contributed by atoms with Gasteiger partial charge in [0.1, 0.15) is 6.10 Å². The van der Waals surface area contributed by atoms with E-state index in [9.17, 15) is 13.2 Å². The molecule has 12 nitrogen and oxygen atoms in total. The van der Waals surface area contributed by atoms with Crippen LogP contribution in [0.25, 0.3) is 10.8 Å². The van der Waals surface area contributed by atoms with Crippen molar-refractivity contribution in [1.82, 2.24) is 10.0 Å². The molecular weight excluding hydrogens is 911 g/mol. The molecule has 5 atom stereocenters. The molecule has 0 spiro atoms. The monoisotopic (exact) mass is 975 g/mol. The van der Waals surface area contributed by atoms with E-state index in [1.807, 2.05) is 129 Å². The van der Waals surface area contributed by atoms with Crippen molar-refractivity contribution < 1.29 is 41.6 Å². The molecule has 0 aromatic heterocycles. The van der Waals surface area contributed by atoms with Crippen LogP contribution in [0.15, 0.2) is 157 Å². The molecule has 0 saturated carbocycles. The van der Waals surface area contributed by atoms with Crippen molar-refractivity contribution >= 4 is 44.2 Å². The number of fused-ring (bicyclic) bond motifs is 1. The summed E-state index contributed by atoms with van der Waals surface area (Å²) in [4.78, 5) is 15.5. The van der Waals surface area contributed by atoms with Gasteiger partial charge in [0.25, 0.3) is 5.91 Å². The Bertz CT molecular complexity index is 2570. The fourth-order valence-corrected chi connectivity index (χ4v) is 11.0. The van der Waals surface area contributed by atoms with Crippen molar-refractivity contribution in [2.45, 2.75) is 66.9 Å². The highest BCUT2D eigenvalue weighted by molar-refractivity contribution is 8.00. The number of nitrogens with one attached hydrogen (secondary N) is 2. The first kappa shape index (κ1) is 51.7. The summed E-state index contributed by atoms with van der Waals surface area (Å²) in [5, 5.41) is 4.50. The molecule has 7 rings (SSSR count). The van der Waals surface area contributed by atoms with Crippen LogP contribution in [0.4, 0.5) is 5.69 Å². The Morgan fingerprint density at radius 1 is 0.638 bits per heavy atom. The maximum atomic E-state index is 13.3. The largest absolute Gasteiger partial charge is 0.379 e. The first-order chi connectivity index (χ1) is 33.7. The van der Waals surface area contributed by atoms with Crippen LogP contribution in [0.1, 0.15) is 51.2 Å². The zero-order chi connectivity index (χ0) is 48.3. The number of hydrogen-bond acceptors (Lipinski definition) is 11. The molecule has 1 aliphatic heterocycles. The molecule has 0 aliphatic carbocycles. The molecule has 1 amide bonds. The lowest BCUT2D eigenvalue weighted by molar-refractivity contribution is -0.0859. The molecular formula is C55H65N3O9S2. The SMILES string of the molecule is CC(CNC(=O)c1ccc(C2S[C@@H](COCc3ccccc3)[C@@H](OCc3ccccc3)[C@@H]2OCc2ccccc2)cc1)OCCOCCOCCCNS(=O)(=O)c1cccc2c(N(C)C)cccc12. The highest BCUT2D eigenvalue weighted by Gasteiger charge is 2.46. The predicted molar refractivity (Wildman–Crippen MR) is 274 cm³/mol. The summed E-state index contributed by atoms with van der Waals surface area (Å²) >= 11 is 1.80. The van der Waals surface area contributed by atoms with Crippen LogP contribution in [0.3, 0.4) is 0 Å². The zero-order valence-corrected chi connectivity index (χ0v) is 41.4. The molecule has 6 aromatic rings. The Balaban J connectivity index is 0.825.